The van der Waals surface area contributed by atoms with Gasteiger partial charge in [-0.05, 0) is 32.0 Å². The van der Waals surface area contributed by atoms with Crippen LogP contribution in [-0.4, -0.2) is 11.2 Å². The molecule has 2 rings (SSSR count). The largest absolute Gasteiger partial charge is 0.493 e. The van der Waals surface area contributed by atoms with Crippen LogP contribution in [0.1, 0.15) is 13.8 Å². The van der Waals surface area contributed by atoms with Crippen molar-refractivity contribution in [2.45, 2.75) is 20.4 Å². The van der Waals surface area contributed by atoms with E-state index in [0.717, 1.165) is 12.3 Å². The van der Waals surface area contributed by atoms with E-state index in [-0.39, 0.29) is 0 Å². The SMILES string of the molecule is C/C=C/Cn1ccc2c(OCC)cccc21. The fraction of sp³-hybridized carbons (Fsp3) is 0.286. The molecule has 1 aromatic carbocycles. The first kappa shape index (κ1) is 10.8. The Morgan fingerprint density at radius 2 is 2.19 bits per heavy atom. The lowest BCUT2D eigenvalue weighted by Gasteiger charge is -2.05. The summed E-state index contributed by atoms with van der Waals surface area (Å²) in [5.41, 5.74) is 1.23. The highest BCUT2D eigenvalue weighted by atomic mass is 16.5. The van der Waals surface area contributed by atoms with Crippen molar-refractivity contribution < 1.29 is 4.74 Å². The molecule has 0 amide bonds. The summed E-state index contributed by atoms with van der Waals surface area (Å²) in [7, 11) is 0. The van der Waals surface area contributed by atoms with Crippen molar-refractivity contribution in [2.24, 2.45) is 0 Å². The van der Waals surface area contributed by atoms with E-state index in [9.17, 15) is 0 Å². The Hall–Kier alpha value is -1.70. The van der Waals surface area contributed by atoms with E-state index in [2.05, 4.69) is 35.0 Å². The topological polar surface area (TPSA) is 14.2 Å². The number of hydrogen-bond donors (Lipinski definition) is 0. The van der Waals surface area contributed by atoms with Gasteiger partial charge in [-0.2, -0.15) is 0 Å². The Kier molecular flexibility index (Phi) is 3.30. The molecule has 0 saturated carbocycles. The summed E-state index contributed by atoms with van der Waals surface area (Å²) in [6, 6.07) is 8.30. The van der Waals surface area contributed by atoms with Gasteiger partial charge in [-0.25, -0.2) is 0 Å². The Balaban J connectivity index is 2.44. The zero-order valence-corrected chi connectivity index (χ0v) is 9.81. The van der Waals surface area contributed by atoms with Gasteiger partial charge in [0.05, 0.1) is 12.1 Å². The van der Waals surface area contributed by atoms with Crippen molar-refractivity contribution in [1.29, 1.82) is 0 Å². The summed E-state index contributed by atoms with van der Waals surface area (Å²) in [6.07, 6.45) is 6.32. The third-order valence-electron chi connectivity index (χ3n) is 2.61. The first-order valence-electron chi connectivity index (χ1n) is 5.68. The first-order chi connectivity index (χ1) is 7.86. The Bertz CT molecular complexity index is 496. The second-order valence-corrected chi connectivity index (χ2v) is 3.66. The van der Waals surface area contributed by atoms with E-state index in [4.69, 9.17) is 4.74 Å². The van der Waals surface area contributed by atoms with Gasteiger partial charge in [0, 0.05) is 18.1 Å². The predicted octanol–water partition coefficient (Wildman–Crippen LogP) is 3.62. The minimum absolute atomic E-state index is 0.707. The molecule has 0 atom stereocenters. The van der Waals surface area contributed by atoms with Crippen LogP contribution >= 0.6 is 0 Å². The van der Waals surface area contributed by atoms with E-state index in [0.29, 0.717) is 6.61 Å². The molecule has 0 unspecified atom stereocenters. The molecule has 1 aromatic heterocycles. The third-order valence-corrected chi connectivity index (χ3v) is 2.61. The molecule has 0 fully saturated rings. The molecule has 0 aliphatic carbocycles. The summed E-state index contributed by atoms with van der Waals surface area (Å²) >= 11 is 0. The molecule has 0 N–H and O–H groups in total. The van der Waals surface area contributed by atoms with Crippen molar-refractivity contribution in [2.75, 3.05) is 6.61 Å². The molecular weight excluding hydrogens is 198 g/mol. The van der Waals surface area contributed by atoms with Crippen LogP contribution in [0.15, 0.2) is 42.6 Å². The minimum atomic E-state index is 0.707. The maximum absolute atomic E-state index is 5.61. The first-order valence-corrected chi connectivity index (χ1v) is 5.68. The smallest absolute Gasteiger partial charge is 0.128 e. The highest BCUT2D eigenvalue weighted by Crippen LogP contribution is 2.26. The summed E-state index contributed by atoms with van der Waals surface area (Å²) < 4.78 is 7.83. The monoisotopic (exact) mass is 215 g/mol. The fourth-order valence-corrected chi connectivity index (χ4v) is 1.85. The van der Waals surface area contributed by atoms with Gasteiger partial charge in [-0.1, -0.05) is 18.2 Å². The Morgan fingerprint density at radius 3 is 2.94 bits per heavy atom. The van der Waals surface area contributed by atoms with Crippen LogP contribution in [0.5, 0.6) is 5.75 Å². The molecule has 2 aromatic rings. The minimum Gasteiger partial charge on any atom is -0.493 e. The number of nitrogens with zero attached hydrogens (tertiary/aromatic N) is 1. The van der Waals surface area contributed by atoms with Gasteiger partial charge in [0.1, 0.15) is 5.75 Å². The van der Waals surface area contributed by atoms with E-state index in [1.807, 2.05) is 26.0 Å². The van der Waals surface area contributed by atoms with Crippen molar-refractivity contribution in [3.8, 4) is 5.75 Å². The van der Waals surface area contributed by atoms with E-state index in [1.165, 1.54) is 10.9 Å². The molecule has 0 aliphatic heterocycles. The van der Waals surface area contributed by atoms with Crippen molar-refractivity contribution in [3.63, 3.8) is 0 Å². The second-order valence-electron chi connectivity index (χ2n) is 3.66. The predicted molar refractivity (Wildman–Crippen MR) is 67.9 cm³/mol. The number of benzene rings is 1. The fourth-order valence-electron chi connectivity index (χ4n) is 1.85. The number of ether oxygens (including phenoxy) is 1. The van der Waals surface area contributed by atoms with Gasteiger partial charge >= 0.3 is 0 Å². The van der Waals surface area contributed by atoms with Gasteiger partial charge in [-0.3, -0.25) is 0 Å². The molecule has 84 valence electrons. The molecule has 0 bridgehead atoms. The maximum atomic E-state index is 5.61. The van der Waals surface area contributed by atoms with Gasteiger partial charge < -0.3 is 9.30 Å². The highest BCUT2D eigenvalue weighted by molar-refractivity contribution is 5.86. The summed E-state index contributed by atoms with van der Waals surface area (Å²) in [4.78, 5) is 0. The van der Waals surface area contributed by atoms with Crippen molar-refractivity contribution in [1.82, 2.24) is 4.57 Å². The molecule has 0 saturated heterocycles. The van der Waals surface area contributed by atoms with E-state index >= 15 is 0 Å². The Labute approximate surface area is 96.1 Å². The van der Waals surface area contributed by atoms with Gasteiger partial charge in [0.15, 0.2) is 0 Å². The maximum Gasteiger partial charge on any atom is 0.128 e. The lowest BCUT2D eigenvalue weighted by Crippen LogP contribution is -1.94. The second kappa shape index (κ2) is 4.88. The van der Waals surface area contributed by atoms with Crippen LogP contribution in [-0.2, 0) is 6.54 Å². The molecule has 2 heteroatoms. The molecule has 1 heterocycles. The number of hydrogen-bond acceptors (Lipinski definition) is 1. The van der Waals surface area contributed by atoms with Crippen LogP contribution < -0.4 is 4.74 Å². The molecule has 2 nitrogen and oxygen atoms in total. The lowest BCUT2D eigenvalue weighted by atomic mass is 10.2. The van der Waals surface area contributed by atoms with Crippen LogP contribution in [0.2, 0.25) is 0 Å². The third kappa shape index (κ3) is 1.96. The van der Waals surface area contributed by atoms with Crippen molar-refractivity contribution in [3.05, 3.63) is 42.6 Å². The van der Waals surface area contributed by atoms with Crippen LogP contribution in [0.25, 0.3) is 10.9 Å². The summed E-state index contributed by atoms with van der Waals surface area (Å²) in [5, 5.41) is 1.19. The van der Waals surface area contributed by atoms with Crippen LogP contribution in [0.3, 0.4) is 0 Å². The number of rotatable bonds is 4. The zero-order valence-electron chi connectivity index (χ0n) is 9.81. The van der Waals surface area contributed by atoms with Crippen LogP contribution in [0, 0.1) is 0 Å². The molecule has 0 aliphatic rings. The average molecular weight is 215 g/mol. The molecule has 16 heavy (non-hydrogen) atoms. The highest BCUT2D eigenvalue weighted by Gasteiger charge is 2.04. The molecular formula is C14H17NO. The van der Waals surface area contributed by atoms with Crippen LogP contribution in [0.4, 0.5) is 0 Å². The molecule has 0 radical (unpaired) electrons. The van der Waals surface area contributed by atoms with E-state index in [1.54, 1.807) is 0 Å². The van der Waals surface area contributed by atoms with Gasteiger partial charge in [-0.15, -0.1) is 0 Å². The normalized spacial score (nSPS) is 11.4. The quantitative estimate of drug-likeness (QED) is 0.710. The Morgan fingerprint density at radius 1 is 1.31 bits per heavy atom. The lowest BCUT2D eigenvalue weighted by molar-refractivity contribution is 0.344. The number of allylic oxidation sites excluding steroid dienone is 2. The zero-order chi connectivity index (χ0) is 11.4. The summed E-state index contributed by atoms with van der Waals surface area (Å²) in [6.45, 7) is 5.67. The van der Waals surface area contributed by atoms with Gasteiger partial charge in [0.2, 0.25) is 0 Å². The standard InChI is InChI=1S/C14H17NO/c1-3-5-10-15-11-9-12-13(15)7-6-8-14(12)16-4-2/h3,5-9,11H,4,10H2,1-2H3/b5-3+. The van der Waals surface area contributed by atoms with E-state index < -0.39 is 0 Å². The van der Waals surface area contributed by atoms with Gasteiger partial charge in [0.25, 0.3) is 0 Å². The molecule has 0 spiro atoms. The van der Waals surface area contributed by atoms with Crippen molar-refractivity contribution >= 4 is 10.9 Å². The summed E-state index contributed by atoms with van der Waals surface area (Å²) in [5.74, 6) is 0.972. The number of fused-ring (bicyclic) bond motifs is 1. The average Bonchev–Trinajstić information content (AvgIpc) is 2.71. The number of aromatic nitrogens is 1.